The second kappa shape index (κ2) is 11.7. The van der Waals surface area contributed by atoms with Crippen LogP contribution in [0.25, 0.3) is 0 Å². The van der Waals surface area contributed by atoms with E-state index in [0.717, 1.165) is 6.42 Å². The Labute approximate surface area is 101 Å². The van der Waals surface area contributed by atoms with Crippen LogP contribution in [0.4, 0.5) is 13.2 Å². The van der Waals surface area contributed by atoms with Gasteiger partial charge >= 0.3 is 24.1 Å². The Balaban J connectivity index is -0.000000190. The number of halogens is 3. The maximum atomic E-state index is 10.6. The zero-order chi connectivity index (χ0) is 15.4. The Morgan fingerprint density at radius 3 is 1.22 bits per heavy atom. The quantitative estimate of drug-likeness (QED) is 0.726. The number of hydrogen-bond donors (Lipinski definition) is 3. The van der Waals surface area contributed by atoms with Crippen LogP contribution in [0, 0.1) is 0 Å². The zero-order valence-corrected chi connectivity index (χ0v) is 9.82. The van der Waals surface area contributed by atoms with Gasteiger partial charge in [-0.15, -0.1) is 0 Å². The van der Waals surface area contributed by atoms with E-state index in [1.807, 2.05) is 6.92 Å². The van der Waals surface area contributed by atoms with Crippen molar-refractivity contribution in [3.05, 3.63) is 0 Å². The van der Waals surface area contributed by atoms with Gasteiger partial charge in [0.25, 0.3) is 0 Å². The van der Waals surface area contributed by atoms with Crippen LogP contribution in [0.1, 0.15) is 33.1 Å². The maximum absolute atomic E-state index is 10.6. The van der Waals surface area contributed by atoms with Gasteiger partial charge in [0, 0.05) is 12.8 Å². The van der Waals surface area contributed by atoms with Crippen LogP contribution in [0.15, 0.2) is 0 Å². The van der Waals surface area contributed by atoms with Crippen molar-refractivity contribution in [2.75, 3.05) is 0 Å². The molecule has 0 aromatic heterocycles. The van der Waals surface area contributed by atoms with Gasteiger partial charge in [-0.3, -0.25) is 9.59 Å². The molecule has 0 saturated carbocycles. The second-order valence-electron chi connectivity index (χ2n) is 2.69. The number of carboxylic acids is 3. The van der Waals surface area contributed by atoms with Gasteiger partial charge in [-0.2, -0.15) is 13.2 Å². The molecule has 108 valence electrons. The predicted molar refractivity (Wildman–Crippen MR) is 54.2 cm³/mol. The molecule has 0 aliphatic carbocycles. The van der Waals surface area contributed by atoms with Gasteiger partial charge in [-0.25, -0.2) is 4.79 Å². The normalized spacial score (nSPS) is 9.17. The standard InChI is InChI=1S/C4H8O2.C3H6O2.C2HF3O2/c1-2-3-4(5)6;1-2-3(4)5;3-2(4,5)1(6)7/h2-3H2,1H3,(H,5,6);2H2,1H3,(H,4,5);(H,6,7). The summed E-state index contributed by atoms with van der Waals surface area (Å²) in [6, 6.07) is 0. The summed E-state index contributed by atoms with van der Waals surface area (Å²) in [7, 11) is 0. The SMILES string of the molecule is CCC(=O)O.CCCC(=O)O.O=C(O)C(F)(F)F. The molecule has 0 radical (unpaired) electrons. The third-order valence-electron chi connectivity index (χ3n) is 1.01. The highest BCUT2D eigenvalue weighted by Gasteiger charge is 2.38. The lowest BCUT2D eigenvalue weighted by molar-refractivity contribution is -0.192. The highest BCUT2D eigenvalue weighted by Crippen LogP contribution is 2.13. The minimum Gasteiger partial charge on any atom is -0.481 e. The third kappa shape index (κ3) is 29.2. The van der Waals surface area contributed by atoms with E-state index in [2.05, 4.69) is 0 Å². The molecule has 18 heavy (non-hydrogen) atoms. The van der Waals surface area contributed by atoms with Crippen LogP contribution in [0.3, 0.4) is 0 Å². The van der Waals surface area contributed by atoms with Gasteiger partial charge in [0.15, 0.2) is 0 Å². The molecule has 6 nitrogen and oxygen atoms in total. The van der Waals surface area contributed by atoms with Crippen molar-refractivity contribution >= 4 is 17.9 Å². The second-order valence-corrected chi connectivity index (χ2v) is 2.69. The monoisotopic (exact) mass is 276 g/mol. The molecule has 0 aliphatic rings. The third-order valence-corrected chi connectivity index (χ3v) is 1.01. The van der Waals surface area contributed by atoms with E-state index in [9.17, 15) is 22.8 Å². The molecule has 0 aromatic rings. The number of rotatable bonds is 3. The first-order valence-corrected chi connectivity index (χ1v) is 4.72. The largest absolute Gasteiger partial charge is 0.490 e. The molecule has 0 saturated heterocycles. The van der Waals surface area contributed by atoms with E-state index in [1.165, 1.54) is 0 Å². The summed E-state index contributed by atoms with van der Waals surface area (Å²) in [4.78, 5) is 27.9. The van der Waals surface area contributed by atoms with Gasteiger partial charge in [-0.1, -0.05) is 13.8 Å². The van der Waals surface area contributed by atoms with Crippen molar-refractivity contribution in [2.24, 2.45) is 0 Å². The summed E-state index contributed by atoms with van der Waals surface area (Å²) in [6.07, 6.45) is -3.84. The molecule has 0 amide bonds. The number of aliphatic carboxylic acids is 3. The summed E-state index contributed by atoms with van der Waals surface area (Å²) in [5, 5.41) is 22.8. The van der Waals surface area contributed by atoms with Crippen molar-refractivity contribution in [2.45, 2.75) is 39.3 Å². The van der Waals surface area contributed by atoms with Crippen molar-refractivity contribution in [3.8, 4) is 0 Å². The lowest BCUT2D eigenvalue weighted by Gasteiger charge is -1.93. The molecule has 0 heterocycles. The molecule has 0 fully saturated rings. The molecule has 9 heteroatoms. The molecule has 0 aromatic carbocycles. The Morgan fingerprint density at radius 1 is 0.944 bits per heavy atom. The van der Waals surface area contributed by atoms with Crippen LogP contribution in [-0.4, -0.2) is 39.4 Å². The molecule has 0 spiro atoms. The van der Waals surface area contributed by atoms with E-state index in [0.29, 0.717) is 6.42 Å². The Bertz CT molecular complexity index is 262. The number of carboxylic acid groups (broad SMARTS) is 3. The zero-order valence-electron chi connectivity index (χ0n) is 9.82. The molecular formula is C9H15F3O6. The van der Waals surface area contributed by atoms with Crippen molar-refractivity contribution < 1.29 is 42.9 Å². The van der Waals surface area contributed by atoms with Crippen molar-refractivity contribution in [3.63, 3.8) is 0 Å². The average Bonchev–Trinajstić information content (AvgIpc) is 2.17. The van der Waals surface area contributed by atoms with Crippen LogP contribution in [0.5, 0.6) is 0 Å². The smallest absolute Gasteiger partial charge is 0.481 e. The minimum atomic E-state index is -5.08. The first-order chi connectivity index (χ1) is 7.98. The summed E-state index contributed by atoms with van der Waals surface area (Å²) in [6.45, 7) is 3.44. The van der Waals surface area contributed by atoms with Crippen molar-refractivity contribution in [1.29, 1.82) is 0 Å². The van der Waals surface area contributed by atoms with E-state index in [1.54, 1.807) is 6.92 Å². The molecule has 0 unspecified atom stereocenters. The van der Waals surface area contributed by atoms with E-state index in [4.69, 9.17) is 20.1 Å². The summed E-state index contributed by atoms with van der Waals surface area (Å²) in [5.41, 5.74) is 0. The van der Waals surface area contributed by atoms with Gasteiger partial charge in [-0.05, 0) is 6.42 Å². The molecule has 0 aliphatic heterocycles. The van der Waals surface area contributed by atoms with E-state index >= 15 is 0 Å². The number of carbonyl (C=O) groups is 3. The van der Waals surface area contributed by atoms with Crippen LogP contribution < -0.4 is 0 Å². The Morgan fingerprint density at radius 2 is 1.22 bits per heavy atom. The first kappa shape index (κ1) is 21.5. The Kier molecular flexibility index (Phi) is 13.9. The highest BCUT2D eigenvalue weighted by molar-refractivity contribution is 5.73. The topological polar surface area (TPSA) is 112 Å². The minimum absolute atomic E-state index is 0.222. The van der Waals surface area contributed by atoms with Gasteiger partial charge < -0.3 is 15.3 Å². The molecular weight excluding hydrogens is 261 g/mol. The fourth-order valence-electron chi connectivity index (χ4n) is 0.214. The van der Waals surface area contributed by atoms with Gasteiger partial charge in [0.1, 0.15) is 0 Å². The van der Waals surface area contributed by atoms with Crippen molar-refractivity contribution in [1.82, 2.24) is 0 Å². The summed E-state index contributed by atoms with van der Waals surface area (Å²) >= 11 is 0. The maximum Gasteiger partial charge on any atom is 0.490 e. The van der Waals surface area contributed by atoms with E-state index in [-0.39, 0.29) is 6.42 Å². The molecule has 0 bridgehead atoms. The highest BCUT2D eigenvalue weighted by atomic mass is 19.4. The van der Waals surface area contributed by atoms with Crippen LogP contribution >= 0.6 is 0 Å². The Hall–Kier alpha value is -1.80. The summed E-state index contributed by atoms with van der Waals surface area (Å²) in [5.74, 6) is -4.21. The average molecular weight is 276 g/mol. The predicted octanol–water partition coefficient (Wildman–Crippen LogP) is 1.99. The van der Waals surface area contributed by atoms with Crippen LogP contribution in [-0.2, 0) is 14.4 Å². The first-order valence-electron chi connectivity index (χ1n) is 4.72. The molecule has 3 N–H and O–H groups in total. The van der Waals surface area contributed by atoms with Crippen LogP contribution in [0.2, 0.25) is 0 Å². The number of hydrogen-bond acceptors (Lipinski definition) is 3. The molecule has 0 rings (SSSR count). The number of alkyl halides is 3. The molecule has 0 atom stereocenters. The fourth-order valence-corrected chi connectivity index (χ4v) is 0.214. The lowest BCUT2D eigenvalue weighted by atomic mass is 10.4. The summed E-state index contributed by atoms with van der Waals surface area (Å²) < 4.78 is 31.7. The van der Waals surface area contributed by atoms with Gasteiger partial charge in [0.2, 0.25) is 0 Å². The van der Waals surface area contributed by atoms with Gasteiger partial charge in [0.05, 0.1) is 0 Å². The fraction of sp³-hybridized carbons (Fsp3) is 0.667. The van der Waals surface area contributed by atoms with E-state index < -0.39 is 24.1 Å². The lowest BCUT2D eigenvalue weighted by Crippen LogP contribution is -2.21.